The van der Waals surface area contributed by atoms with Gasteiger partial charge in [0.2, 0.25) is 0 Å². The van der Waals surface area contributed by atoms with Gasteiger partial charge in [-0.2, -0.15) is 12.8 Å². The van der Waals surface area contributed by atoms with Gasteiger partial charge < -0.3 is 15.9 Å². The molecular formula is C34H53O4SU-. The fourth-order valence-electron chi connectivity index (χ4n) is 6.34. The molecule has 0 radical (unpaired) electrons. The van der Waals surface area contributed by atoms with Gasteiger partial charge in [-0.25, -0.2) is 8.42 Å². The number of benzene rings is 1. The summed E-state index contributed by atoms with van der Waals surface area (Å²) in [5.41, 5.74) is 2.45. The number of ether oxygens (including phenoxy) is 2. The van der Waals surface area contributed by atoms with Crippen LogP contribution in [0.15, 0.2) is 59.5 Å². The third-order valence-electron chi connectivity index (χ3n) is 9.34. The minimum atomic E-state index is -3.39. The summed E-state index contributed by atoms with van der Waals surface area (Å²) in [4.78, 5) is 0.406. The Balaban J connectivity index is 0.00000560. The molecule has 224 valence electrons. The van der Waals surface area contributed by atoms with Crippen LogP contribution in [0.3, 0.4) is 0 Å². The van der Waals surface area contributed by atoms with Gasteiger partial charge >= 0.3 is 0 Å². The maximum absolute atomic E-state index is 13.4. The molecule has 1 aromatic rings. The van der Waals surface area contributed by atoms with E-state index < -0.39 is 9.84 Å². The molecule has 2 fully saturated rings. The van der Waals surface area contributed by atoms with Crippen LogP contribution in [-0.4, -0.2) is 38.6 Å². The predicted molar refractivity (Wildman–Crippen MR) is 162 cm³/mol. The summed E-state index contributed by atoms with van der Waals surface area (Å²) in [5, 5.41) is 0. The Labute approximate surface area is 269 Å². The maximum atomic E-state index is 13.4. The standard InChI is InChI=1S/C34H53O4S.U/c1-9-23(2)19-33-29(8)31(22-39(35,36)30-16-11-10-12-17-30)34(38-33)21-25(4)28(7)24(3)15-13-14-18-32-26(5)20-27(6)37-32;/h10-13,16-17,23-25,27,29,31-34H,5,7,9,14-15,18-22H2,1-4,6,8H3;/q-1;/t23?,24?,25-,27+,29-,31-,32?,33-,34?;/m1./s1. The van der Waals surface area contributed by atoms with E-state index in [2.05, 4.69) is 61.1 Å². The molecule has 3 rings (SSSR count). The molecule has 0 saturated carbocycles. The summed E-state index contributed by atoms with van der Waals surface area (Å²) < 4.78 is 39.4. The van der Waals surface area contributed by atoms with Gasteiger partial charge in [-0.15, -0.1) is 0 Å². The molecule has 0 aromatic heterocycles. The molecule has 0 N–H and O–H groups in total. The van der Waals surface area contributed by atoms with Crippen molar-refractivity contribution in [3.05, 3.63) is 61.1 Å². The van der Waals surface area contributed by atoms with Crippen LogP contribution in [0.1, 0.15) is 86.5 Å². The van der Waals surface area contributed by atoms with Crippen LogP contribution in [0.2, 0.25) is 0 Å². The Bertz CT molecular complexity index is 1040. The molecule has 6 heteroatoms. The monoisotopic (exact) mass is 795 g/mol. The molecule has 0 amide bonds. The van der Waals surface area contributed by atoms with Crippen molar-refractivity contribution in [3.63, 3.8) is 0 Å². The van der Waals surface area contributed by atoms with Gasteiger partial charge in [0.15, 0.2) is 9.84 Å². The second kappa shape index (κ2) is 16.5. The maximum Gasteiger partial charge on any atom is 0.178 e. The average molecular weight is 796 g/mol. The second-order valence-electron chi connectivity index (χ2n) is 12.6. The van der Waals surface area contributed by atoms with Gasteiger partial charge in [-0.1, -0.05) is 83.9 Å². The number of hydrogen-bond acceptors (Lipinski definition) is 4. The molecule has 4 unspecified atom stereocenters. The first-order valence-corrected chi connectivity index (χ1v) is 16.8. The number of hydrogen-bond donors (Lipinski definition) is 0. The third-order valence-corrected chi connectivity index (χ3v) is 11.2. The fraction of sp³-hybridized carbons (Fsp3) is 0.676. The molecule has 9 atom stereocenters. The minimum Gasteiger partial charge on any atom is -0.374 e. The quantitative estimate of drug-likeness (QED) is 0.102. The second-order valence-corrected chi connectivity index (χ2v) is 14.6. The zero-order chi connectivity index (χ0) is 28.7. The Kier molecular flexibility index (Phi) is 14.7. The Morgan fingerprint density at radius 3 is 2.33 bits per heavy atom. The molecule has 2 aliphatic rings. The summed E-state index contributed by atoms with van der Waals surface area (Å²) in [6.07, 6.45) is 9.75. The van der Waals surface area contributed by atoms with E-state index in [1.165, 1.54) is 11.1 Å². The van der Waals surface area contributed by atoms with Gasteiger partial charge in [-0.05, 0) is 68.1 Å². The van der Waals surface area contributed by atoms with Crippen LogP contribution in [0, 0.1) is 67.1 Å². The molecular weight excluding hydrogens is 742 g/mol. The zero-order valence-electron chi connectivity index (χ0n) is 25.8. The van der Waals surface area contributed by atoms with Gasteiger partial charge in [0.25, 0.3) is 0 Å². The van der Waals surface area contributed by atoms with Gasteiger partial charge in [-0.3, -0.25) is 0 Å². The van der Waals surface area contributed by atoms with Crippen LogP contribution >= 0.6 is 0 Å². The van der Waals surface area contributed by atoms with E-state index in [9.17, 15) is 8.42 Å². The first-order valence-electron chi connectivity index (χ1n) is 15.2. The fourth-order valence-corrected chi connectivity index (χ4v) is 8.12. The van der Waals surface area contributed by atoms with Crippen LogP contribution in [0.25, 0.3) is 0 Å². The first kappa shape index (κ1) is 35.8. The SMILES string of the molecule is C=C1C[C@H](C)OC1CC[CH-]CC(C)C(=C)[C@H](C)CC1O[C@H](CC(C)CC)[C@H](C)[C@H]1CS(=O)(=O)c1ccccc1.[U]. The molecule has 2 saturated heterocycles. The van der Waals surface area contributed by atoms with Crippen molar-refractivity contribution in [1.29, 1.82) is 0 Å². The van der Waals surface area contributed by atoms with E-state index in [-0.39, 0.29) is 72.9 Å². The first-order chi connectivity index (χ1) is 18.4. The van der Waals surface area contributed by atoms with E-state index in [0.29, 0.717) is 22.8 Å². The Morgan fingerprint density at radius 1 is 1.05 bits per heavy atom. The van der Waals surface area contributed by atoms with E-state index in [0.717, 1.165) is 44.9 Å². The normalized spacial score (nSPS) is 29.1. The molecule has 2 heterocycles. The summed E-state index contributed by atoms with van der Waals surface area (Å²) >= 11 is 0. The van der Waals surface area contributed by atoms with Crippen LogP contribution in [-0.2, 0) is 19.3 Å². The number of allylic oxidation sites excluding steroid dienone is 1. The van der Waals surface area contributed by atoms with Gasteiger partial charge in [0, 0.05) is 37.0 Å². The Morgan fingerprint density at radius 2 is 1.73 bits per heavy atom. The van der Waals surface area contributed by atoms with Crippen molar-refractivity contribution in [2.45, 2.75) is 116 Å². The number of unbranched alkanes of at least 4 members (excludes halogenated alkanes) is 1. The van der Waals surface area contributed by atoms with E-state index in [1.807, 2.05) is 6.07 Å². The summed E-state index contributed by atoms with van der Waals surface area (Å²) in [6, 6.07) is 8.87. The molecule has 0 spiro atoms. The zero-order valence-corrected chi connectivity index (χ0v) is 30.8. The largest absolute Gasteiger partial charge is 0.374 e. The molecule has 40 heavy (non-hydrogen) atoms. The number of rotatable bonds is 15. The molecule has 0 aliphatic carbocycles. The van der Waals surface area contributed by atoms with Gasteiger partial charge in [0.1, 0.15) is 0 Å². The molecule has 4 nitrogen and oxygen atoms in total. The third kappa shape index (κ3) is 9.84. The smallest absolute Gasteiger partial charge is 0.178 e. The van der Waals surface area contributed by atoms with Crippen LogP contribution in [0.4, 0.5) is 0 Å². The summed E-state index contributed by atoms with van der Waals surface area (Å²) in [7, 11) is -3.39. The van der Waals surface area contributed by atoms with Crippen molar-refractivity contribution in [2.75, 3.05) is 5.75 Å². The predicted octanol–water partition coefficient (Wildman–Crippen LogP) is 8.24. The molecule has 2 aliphatic heterocycles. The topological polar surface area (TPSA) is 52.6 Å². The molecule has 0 bridgehead atoms. The Hall–Kier alpha value is -0.378. The molecule has 1 aromatic carbocycles. The van der Waals surface area contributed by atoms with E-state index in [1.54, 1.807) is 24.3 Å². The van der Waals surface area contributed by atoms with Gasteiger partial charge in [0.05, 0.1) is 35.1 Å². The number of sulfone groups is 1. The van der Waals surface area contributed by atoms with Crippen molar-refractivity contribution in [2.24, 2.45) is 29.6 Å². The van der Waals surface area contributed by atoms with E-state index in [4.69, 9.17) is 9.47 Å². The van der Waals surface area contributed by atoms with Crippen molar-refractivity contribution in [3.8, 4) is 0 Å². The summed E-state index contributed by atoms with van der Waals surface area (Å²) in [5.74, 6) is 1.49. The van der Waals surface area contributed by atoms with E-state index >= 15 is 0 Å². The van der Waals surface area contributed by atoms with Crippen molar-refractivity contribution < 1.29 is 49.0 Å². The summed E-state index contributed by atoms with van der Waals surface area (Å²) in [6.45, 7) is 21.9. The van der Waals surface area contributed by atoms with Crippen LogP contribution < -0.4 is 0 Å². The van der Waals surface area contributed by atoms with Crippen molar-refractivity contribution in [1.82, 2.24) is 0 Å². The minimum absolute atomic E-state index is 0. The van der Waals surface area contributed by atoms with Crippen molar-refractivity contribution >= 4 is 9.84 Å². The average Bonchev–Trinajstić information content (AvgIpc) is 3.37. The van der Waals surface area contributed by atoms with Crippen LogP contribution in [0.5, 0.6) is 0 Å².